The number of carbonyl (C=O) groups is 1. The summed E-state index contributed by atoms with van der Waals surface area (Å²) in [5.74, 6) is -0.192. The highest BCUT2D eigenvalue weighted by Gasteiger charge is 2.18. The van der Waals surface area contributed by atoms with Gasteiger partial charge < -0.3 is 9.88 Å². The Morgan fingerprint density at radius 2 is 1.68 bits per heavy atom. The molecule has 4 heteroatoms. The molecule has 2 aromatic rings. The monoisotopic (exact) mass is 298 g/mol. The number of aryl methyl sites for hydroxylation is 4. The van der Waals surface area contributed by atoms with Crippen molar-refractivity contribution in [1.82, 2.24) is 4.57 Å². The van der Waals surface area contributed by atoms with Gasteiger partial charge in [0.1, 0.15) is 6.04 Å². The van der Waals surface area contributed by atoms with Gasteiger partial charge in [0.2, 0.25) is 5.91 Å². The number of carbonyl (C=O) groups excluding carboxylic acids is 1. The van der Waals surface area contributed by atoms with Crippen molar-refractivity contribution in [2.24, 2.45) is 0 Å². The van der Waals surface area contributed by atoms with Gasteiger partial charge in [0.15, 0.2) is 0 Å². The highest BCUT2D eigenvalue weighted by atomic mass is 16.2. The minimum Gasteiger partial charge on any atom is -0.324 e. The molecule has 0 spiro atoms. The lowest BCUT2D eigenvalue weighted by Crippen LogP contribution is -2.32. The van der Waals surface area contributed by atoms with Crippen LogP contribution in [0.25, 0.3) is 0 Å². The molecule has 0 fully saturated rings. The fourth-order valence-electron chi connectivity index (χ4n) is 2.66. The molecule has 0 bridgehead atoms. The van der Waals surface area contributed by atoms with Gasteiger partial charge in [-0.1, -0.05) is 23.8 Å². The molecule has 2 rings (SSSR count). The molecule has 22 heavy (non-hydrogen) atoms. The number of aromatic nitrogens is 1. The zero-order chi connectivity index (χ0) is 16.4. The van der Waals surface area contributed by atoms with Gasteiger partial charge in [-0.15, -0.1) is 0 Å². The molecule has 0 radical (unpaired) electrons. The topological polar surface area (TPSA) is 51.1 Å². The lowest BCUT2D eigenvalue weighted by molar-refractivity contribution is -0.118. The van der Waals surface area contributed by atoms with Crippen molar-refractivity contribution in [3.05, 3.63) is 63.1 Å². The van der Waals surface area contributed by atoms with Crippen LogP contribution >= 0.6 is 0 Å². The van der Waals surface area contributed by atoms with Crippen molar-refractivity contribution < 1.29 is 4.79 Å². The van der Waals surface area contributed by atoms with E-state index in [1.165, 1.54) is 4.57 Å². The summed E-state index contributed by atoms with van der Waals surface area (Å²) in [4.78, 5) is 24.6. The molecule has 1 N–H and O–H groups in total. The van der Waals surface area contributed by atoms with Gasteiger partial charge >= 0.3 is 0 Å². The van der Waals surface area contributed by atoms with Crippen molar-refractivity contribution in [2.75, 3.05) is 5.32 Å². The largest absolute Gasteiger partial charge is 0.324 e. The van der Waals surface area contributed by atoms with E-state index in [2.05, 4.69) is 5.32 Å². The van der Waals surface area contributed by atoms with E-state index in [-0.39, 0.29) is 11.5 Å². The van der Waals surface area contributed by atoms with E-state index in [0.29, 0.717) is 5.56 Å². The Bertz CT molecular complexity index is 752. The SMILES string of the molecule is Cc1cc(C)c(NC(=O)C(C)n2cccc(C)c2=O)c(C)c1. The molecular formula is C18H22N2O2. The summed E-state index contributed by atoms with van der Waals surface area (Å²) in [5.41, 5.74) is 4.52. The molecule has 1 unspecified atom stereocenters. The van der Waals surface area contributed by atoms with Gasteiger partial charge in [-0.25, -0.2) is 0 Å². The summed E-state index contributed by atoms with van der Waals surface area (Å²) in [7, 11) is 0. The van der Waals surface area contributed by atoms with Gasteiger partial charge in [-0.05, 0) is 51.8 Å². The number of anilines is 1. The smallest absolute Gasteiger partial charge is 0.254 e. The highest BCUT2D eigenvalue weighted by molar-refractivity contribution is 5.95. The molecule has 1 amide bonds. The first-order valence-electron chi connectivity index (χ1n) is 7.37. The first-order valence-corrected chi connectivity index (χ1v) is 7.37. The second-order valence-corrected chi connectivity index (χ2v) is 5.84. The second-order valence-electron chi connectivity index (χ2n) is 5.84. The number of hydrogen-bond acceptors (Lipinski definition) is 2. The van der Waals surface area contributed by atoms with E-state index in [0.717, 1.165) is 22.4 Å². The van der Waals surface area contributed by atoms with Gasteiger partial charge in [-0.2, -0.15) is 0 Å². The van der Waals surface area contributed by atoms with Crippen molar-refractivity contribution in [2.45, 2.75) is 40.7 Å². The van der Waals surface area contributed by atoms with E-state index in [1.54, 1.807) is 32.2 Å². The maximum atomic E-state index is 12.5. The molecule has 0 aliphatic rings. The Kier molecular flexibility index (Phi) is 4.50. The Hall–Kier alpha value is -2.36. The van der Waals surface area contributed by atoms with Crippen LogP contribution in [0.2, 0.25) is 0 Å². The first kappa shape index (κ1) is 16.0. The van der Waals surface area contributed by atoms with Crippen LogP contribution in [0, 0.1) is 27.7 Å². The molecular weight excluding hydrogens is 276 g/mol. The van der Waals surface area contributed by atoms with Gasteiger partial charge in [0.25, 0.3) is 5.56 Å². The van der Waals surface area contributed by atoms with Crippen LogP contribution in [0.4, 0.5) is 5.69 Å². The van der Waals surface area contributed by atoms with Gasteiger partial charge in [0.05, 0.1) is 0 Å². The van der Waals surface area contributed by atoms with Crippen LogP contribution in [-0.4, -0.2) is 10.5 Å². The fraction of sp³-hybridized carbons (Fsp3) is 0.333. The number of amides is 1. The summed E-state index contributed by atoms with van der Waals surface area (Å²) in [6.07, 6.45) is 1.65. The number of benzene rings is 1. The second kappa shape index (κ2) is 6.18. The van der Waals surface area contributed by atoms with Crippen LogP contribution in [0.1, 0.15) is 35.2 Å². The van der Waals surface area contributed by atoms with Crippen LogP contribution < -0.4 is 10.9 Å². The van der Waals surface area contributed by atoms with Crippen molar-refractivity contribution >= 4 is 11.6 Å². The summed E-state index contributed by atoms with van der Waals surface area (Å²) in [6.45, 7) is 9.45. The number of hydrogen-bond donors (Lipinski definition) is 1. The van der Waals surface area contributed by atoms with Crippen LogP contribution in [0.15, 0.2) is 35.3 Å². The Balaban J connectivity index is 2.30. The quantitative estimate of drug-likeness (QED) is 0.945. The van der Waals surface area contributed by atoms with E-state index < -0.39 is 6.04 Å². The van der Waals surface area contributed by atoms with Crippen molar-refractivity contribution in [1.29, 1.82) is 0 Å². The van der Waals surface area contributed by atoms with Crippen molar-refractivity contribution in [3.63, 3.8) is 0 Å². The zero-order valence-corrected chi connectivity index (χ0v) is 13.7. The molecule has 0 saturated heterocycles. The molecule has 116 valence electrons. The third-order valence-electron chi connectivity index (χ3n) is 3.89. The average Bonchev–Trinajstić information content (AvgIpc) is 2.44. The number of nitrogens with zero attached hydrogens (tertiary/aromatic N) is 1. The normalized spacial score (nSPS) is 12.0. The Labute approximate surface area is 130 Å². The molecule has 0 aliphatic heterocycles. The lowest BCUT2D eigenvalue weighted by Gasteiger charge is -2.18. The zero-order valence-electron chi connectivity index (χ0n) is 13.7. The summed E-state index contributed by atoms with van der Waals surface area (Å²) >= 11 is 0. The van der Waals surface area contributed by atoms with E-state index in [1.807, 2.05) is 32.9 Å². The Morgan fingerprint density at radius 1 is 1.09 bits per heavy atom. The van der Waals surface area contributed by atoms with Crippen LogP contribution in [0.5, 0.6) is 0 Å². The maximum absolute atomic E-state index is 12.5. The fourth-order valence-corrected chi connectivity index (χ4v) is 2.66. The molecule has 1 aromatic heterocycles. The maximum Gasteiger partial charge on any atom is 0.254 e. The standard InChI is InChI=1S/C18H22N2O2/c1-11-9-13(3)16(14(4)10-11)19-17(21)15(5)20-8-6-7-12(2)18(20)22/h6-10,15H,1-5H3,(H,19,21). The number of pyridine rings is 1. The van der Waals surface area contributed by atoms with Crippen LogP contribution in [0.3, 0.4) is 0 Å². The molecule has 1 heterocycles. The Morgan fingerprint density at radius 3 is 2.27 bits per heavy atom. The predicted octanol–water partition coefficient (Wildman–Crippen LogP) is 3.28. The molecule has 4 nitrogen and oxygen atoms in total. The lowest BCUT2D eigenvalue weighted by atomic mass is 10.0. The van der Waals surface area contributed by atoms with Gasteiger partial charge in [0, 0.05) is 17.4 Å². The first-order chi connectivity index (χ1) is 10.3. The highest BCUT2D eigenvalue weighted by Crippen LogP contribution is 2.23. The molecule has 1 atom stereocenters. The van der Waals surface area contributed by atoms with E-state index >= 15 is 0 Å². The molecule has 0 aliphatic carbocycles. The van der Waals surface area contributed by atoms with E-state index in [4.69, 9.17) is 0 Å². The minimum absolute atomic E-state index is 0.137. The van der Waals surface area contributed by atoms with Gasteiger partial charge in [-0.3, -0.25) is 9.59 Å². The number of rotatable bonds is 3. The van der Waals surface area contributed by atoms with E-state index in [9.17, 15) is 9.59 Å². The number of nitrogens with one attached hydrogen (secondary N) is 1. The molecule has 1 aromatic carbocycles. The minimum atomic E-state index is -0.562. The van der Waals surface area contributed by atoms with Crippen LogP contribution in [-0.2, 0) is 4.79 Å². The summed E-state index contributed by atoms with van der Waals surface area (Å²) < 4.78 is 1.46. The molecule has 0 saturated carbocycles. The summed E-state index contributed by atoms with van der Waals surface area (Å²) in [5, 5.41) is 2.95. The predicted molar refractivity (Wildman–Crippen MR) is 89.4 cm³/mol. The third kappa shape index (κ3) is 3.11. The summed E-state index contributed by atoms with van der Waals surface area (Å²) in [6, 6.07) is 7.03. The average molecular weight is 298 g/mol. The van der Waals surface area contributed by atoms with Crippen molar-refractivity contribution in [3.8, 4) is 0 Å². The third-order valence-corrected chi connectivity index (χ3v) is 3.89.